The topological polar surface area (TPSA) is 42.3 Å². The highest BCUT2D eigenvalue weighted by atomic mass is 35.5. The van der Waals surface area contributed by atoms with E-state index in [0.29, 0.717) is 16.7 Å². The largest absolute Gasteiger partial charge is 0.352 e. The molecule has 0 bridgehead atoms. The molecular formula is C12H19ClN2O2S. The number of rotatable bonds is 5. The molecule has 0 amide bonds. The average molecular weight is 291 g/mol. The third-order valence-corrected chi connectivity index (χ3v) is 5.96. The quantitative estimate of drug-likeness (QED) is 0.780. The molecule has 18 heavy (non-hydrogen) atoms. The van der Waals surface area contributed by atoms with Crippen LogP contribution in [0.2, 0.25) is 0 Å². The lowest BCUT2D eigenvalue weighted by atomic mass is 10.2. The predicted molar refractivity (Wildman–Crippen MR) is 72.1 cm³/mol. The Balaban J connectivity index is 2.28. The van der Waals surface area contributed by atoms with Crippen molar-refractivity contribution in [3.63, 3.8) is 0 Å². The number of aryl methyl sites for hydroxylation is 1. The van der Waals surface area contributed by atoms with Gasteiger partial charge in [0.25, 0.3) is 0 Å². The zero-order valence-electron chi connectivity index (χ0n) is 10.9. The van der Waals surface area contributed by atoms with Gasteiger partial charge in [-0.2, -0.15) is 4.31 Å². The van der Waals surface area contributed by atoms with Crippen LogP contribution < -0.4 is 0 Å². The first-order valence-corrected chi connectivity index (χ1v) is 8.04. The Morgan fingerprint density at radius 3 is 2.61 bits per heavy atom. The van der Waals surface area contributed by atoms with Gasteiger partial charge in [0.15, 0.2) is 0 Å². The minimum absolute atomic E-state index is 0.0645. The zero-order valence-corrected chi connectivity index (χ0v) is 12.5. The first-order chi connectivity index (χ1) is 8.37. The molecule has 0 aliphatic heterocycles. The van der Waals surface area contributed by atoms with Crippen LogP contribution >= 0.6 is 11.6 Å². The number of aromatic nitrogens is 1. The highest BCUT2D eigenvalue weighted by Crippen LogP contribution is 2.36. The summed E-state index contributed by atoms with van der Waals surface area (Å²) in [6.07, 6.45) is 3.88. The van der Waals surface area contributed by atoms with Crippen molar-refractivity contribution in [2.75, 3.05) is 7.05 Å². The first-order valence-electron chi connectivity index (χ1n) is 6.07. The Morgan fingerprint density at radius 1 is 1.56 bits per heavy atom. The fraction of sp³-hybridized carbons (Fsp3) is 0.667. The SMILES string of the molecule is CC(C1CC1)N(C)S(=O)(=O)c1cc(CCl)n(C)c1. The number of nitrogens with zero attached hydrogens (tertiary/aromatic N) is 2. The van der Waals surface area contributed by atoms with E-state index in [2.05, 4.69) is 0 Å². The van der Waals surface area contributed by atoms with Crippen LogP contribution in [0, 0.1) is 5.92 Å². The summed E-state index contributed by atoms with van der Waals surface area (Å²) < 4.78 is 28.2. The van der Waals surface area contributed by atoms with Gasteiger partial charge in [0.1, 0.15) is 4.90 Å². The van der Waals surface area contributed by atoms with Crippen LogP contribution in [0.15, 0.2) is 17.2 Å². The molecule has 0 radical (unpaired) electrons. The number of hydrogen-bond donors (Lipinski definition) is 0. The van der Waals surface area contributed by atoms with Crippen molar-refractivity contribution in [2.24, 2.45) is 13.0 Å². The molecule has 6 heteroatoms. The Kier molecular flexibility index (Phi) is 3.76. The summed E-state index contributed by atoms with van der Waals surface area (Å²) in [4.78, 5) is 0.329. The molecule has 1 aliphatic rings. The maximum Gasteiger partial charge on any atom is 0.244 e. The number of hydrogen-bond acceptors (Lipinski definition) is 2. The van der Waals surface area contributed by atoms with E-state index in [1.54, 1.807) is 30.9 Å². The van der Waals surface area contributed by atoms with Crippen LogP contribution in [-0.2, 0) is 23.0 Å². The van der Waals surface area contributed by atoms with E-state index >= 15 is 0 Å². The third kappa shape index (κ3) is 2.44. The highest BCUT2D eigenvalue weighted by molar-refractivity contribution is 7.89. The van der Waals surface area contributed by atoms with Crippen molar-refractivity contribution < 1.29 is 8.42 Å². The van der Waals surface area contributed by atoms with Gasteiger partial charge in [-0.25, -0.2) is 8.42 Å². The lowest BCUT2D eigenvalue weighted by molar-refractivity contribution is 0.357. The molecule has 0 N–H and O–H groups in total. The van der Waals surface area contributed by atoms with Gasteiger partial charge in [0.05, 0.1) is 5.88 Å². The molecule has 1 saturated carbocycles. The van der Waals surface area contributed by atoms with E-state index in [1.807, 2.05) is 6.92 Å². The van der Waals surface area contributed by atoms with Crippen molar-refractivity contribution in [1.29, 1.82) is 0 Å². The summed E-state index contributed by atoms with van der Waals surface area (Å²) in [5.74, 6) is 0.828. The van der Waals surface area contributed by atoms with Crippen LogP contribution in [0.5, 0.6) is 0 Å². The van der Waals surface area contributed by atoms with E-state index in [9.17, 15) is 8.42 Å². The molecule has 0 spiro atoms. The Labute approximate surface area is 114 Å². The second-order valence-corrected chi connectivity index (χ2v) is 7.28. The van der Waals surface area contributed by atoms with E-state index in [0.717, 1.165) is 18.5 Å². The first kappa shape index (κ1) is 13.9. The maximum absolute atomic E-state index is 12.5. The predicted octanol–water partition coefficient (Wildman–Crippen LogP) is 2.18. The van der Waals surface area contributed by atoms with Crippen LogP contribution in [0.4, 0.5) is 0 Å². The fourth-order valence-electron chi connectivity index (χ4n) is 2.11. The maximum atomic E-state index is 12.5. The van der Waals surface area contributed by atoms with Crippen LogP contribution in [-0.4, -0.2) is 30.4 Å². The summed E-state index contributed by atoms with van der Waals surface area (Å²) in [6.45, 7) is 1.97. The molecule has 1 heterocycles. The van der Waals surface area contributed by atoms with Gasteiger partial charge in [0, 0.05) is 32.0 Å². The van der Waals surface area contributed by atoms with Gasteiger partial charge < -0.3 is 4.57 Å². The molecule has 1 aromatic heterocycles. The molecule has 102 valence electrons. The molecule has 2 rings (SSSR count). The fourth-order valence-corrected chi connectivity index (χ4v) is 3.90. The lowest BCUT2D eigenvalue weighted by Crippen LogP contribution is -2.36. The highest BCUT2D eigenvalue weighted by Gasteiger charge is 2.36. The van der Waals surface area contributed by atoms with E-state index in [1.165, 1.54) is 4.31 Å². The molecule has 1 atom stereocenters. The number of alkyl halides is 1. The standard InChI is InChI=1S/C12H19ClN2O2S/c1-9(10-4-5-10)15(3)18(16,17)12-6-11(7-13)14(2)8-12/h6,8-10H,4-5,7H2,1-3H3. The van der Waals surface area contributed by atoms with Crippen molar-refractivity contribution in [3.8, 4) is 0 Å². The minimum atomic E-state index is -3.40. The van der Waals surface area contributed by atoms with Gasteiger partial charge in [0.2, 0.25) is 10.0 Å². The van der Waals surface area contributed by atoms with Crippen molar-refractivity contribution >= 4 is 21.6 Å². The van der Waals surface area contributed by atoms with Crippen LogP contribution in [0.3, 0.4) is 0 Å². The summed E-state index contributed by atoms with van der Waals surface area (Å²) in [5, 5.41) is 0. The van der Waals surface area contributed by atoms with Crippen molar-refractivity contribution in [3.05, 3.63) is 18.0 Å². The summed E-state index contributed by atoms with van der Waals surface area (Å²) >= 11 is 5.77. The lowest BCUT2D eigenvalue weighted by Gasteiger charge is -2.23. The molecule has 1 aromatic rings. The molecular weight excluding hydrogens is 272 g/mol. The summed E-state index contributed by atoms with van der Waals surface area (Å²) in [7, 11) is 0.0639. The summed E-state index contributed by atoms with van der Waals surface area (Å²) in [6, 6.07) is 1.72. The van der Waals surface area contributed by atoms with Gasteiger partial charge >= 0.3 is 0 Å². The van der Waals surface area contributed by atoms with E-state index < -0.39 is 10.0 Å². The van der Waals surface area contributed by atoms with Crippen LogP contribution in [0.1, 0.15) is 25.5 Å². The van der Waals surface area contributed by atoms with E-state index in [4.69, 9.17) is 11.6 Å². The van der Waals surface area contributed by atoms with Gasteiger partial charge in [-0.3, -0.25) is 0 Å². The smallest absolute Gasteiger partial charge is 0.244 e. The van der Waals surface area contributed by atoms with E-state index in [-0.39, 0.29) is 6.04 Å². The Morgan fingerprint density at radius 2 is 2.17 bits per heavy atom. The average Bonchev–Trinajstić information content (AvgIpc) is 3.10. The minimum Gasteiger partial charge on any atom is -0.352 e. The number of halogens is 1. The van der Waals surface area contributed by atoms with Gasteiger partial charge in [-0.05, 0) is 31.7 Å². The third-order valence-electron chi connectivity index (χ3n) is 3.77. The second kappa shape index (κ2) is 4.87. The normalized spacial score (nSPS) is 18.3. The van der Waals surface area contributed by atoms with Gasteiger partial charge in [-0.15, -0.1) is 11.6 Å². The molecule has 4 nitrogen and oxygen atoms in total. The van der Waals surface area contributed by atoms with Gasteiger partial charge in [-0.1, -0.05) is 0 Å². The Bertz CT molecular complexity index is 534. The molecule has 1 unspecified atom stereocenters. The van der Waals surface area contributed by atoms with Crippen molar-refractivity contribution in [1.82, 2.24) is 8.87 Å². The molecule has 1 aliphatic carbocycles. The molecule has 0 saturated heterocycles. The zero-order chi connectivity index (χ0) is 13.5. The molecule has 0 aromatic carbocycles. The van der Waals surface area contributed by atoms with Crippen LogP contribution in [0.25, 0.3) is 0 Å². The molecule has 1 fully saturated rings. The Hall–Kier alpha value is -0.520. The number of sulfonamides is 1. The monoisotopic (exact) mass is 290 g/mol. The summed E-state index contributed by atoms with van der Waals surface area (Å²) in [5.41, 5.74) is 0.808. The second-order valence-electron chi connectivity index (χ2n) is 5.01. The van der Waals surface area contributed by atoms with Crippen molar-refractivity contribution in [2.45, 2.75) is 36.6 Å².